The van der Waals surface area contributed by atoms with Gasteiger partial charge >= 0.3 is 0 Å². The van der Waals surface area contributed by atoms with Crippen LogP contribution < -0.4 is 5.32 Å². The van der Waals surface area contributed by atoms with Crippen molar-refractivity contribution in [3.63, 3.8) is 0 Å². The zero-order chi connectivity index (χ0) is 71.5. The Balaban J connectivity index is 1.60. The van der Waals surface area contributed by atoms with Crippen LogP contribution in [0.1, 0.15) is 316 Å². The van der Waals surface area contributed by atoms with Gasteiger partial charge in [0.2, 0.25) is 5.91 Å². The van der Waals surface area contributed by atoms with E-state index in [2.05, 4.69) is 129 Å². The van der Waals surface area contributed by atoms with E-state index in [4.69, 9.17) is 18.9 Å². The van der Waals surface area contributed by atoms with Gasteiger partial charge in [0.15, 0.2) is 12.6 Å². The van der Waals surface area contributed by atoms with Gasteiger partial charge in [0.05, 0.1) is 32.0 Å². The van der Waals surface area contributed by atoms with Crippen molar-refractivity contribution in [2.45, 2.75) is 389 Å². The number of amides is 1. The summed E-state index contributed by atoms with van der Waals surface area (Å²) in [5, 5.41) is 87.6. The van der Waals surface area contributed by atoms with Crippen molar-refractivity contribution in [2.75, 3.05) is 19.8 Å². The Hall–Kier alpha value is -3.61. The molecule has 2 saturated heterocycles. The molecule has 0 aromatic carbocycles. The maximum Gasteiger partial charge on any atom is 0.220 e. The fourth-order valence-corrected chi connectivity index (χ4v) is 12.5. The first-order chi connectivity index (χ1) is 48.6. The van der Waals surface area contributed by atoms with E-state index in [0.717, 1.165) is 89.9 Å². The van der Waals surface area contributed by atoms with Crippen molar-refractivity contribution in [3.05, 3.63) is 122 Å². The first kappa shape index (κ1) is 91.5. The number of allylic oxidation sites excluding steroid dienone is 19. The second-order valence-electron chi connectivity index (χ2n) is 27.8. The number of ether oxygens (including phenoxy) is 4. The van der Waals surface area contributed by atoms with E-state index < -0.39 is 86.8 Å². The molecule has 9 N–H and O–H groups in total. The van der Waals surface area contributed by atoms with Crippen LogP contribution in [0.25, 0.3) is 0 Å². The Labute approximate surface area is 603 Å². The molecule has 99 heavy (non-hydrogen) atoms. The third-order valence-electron chi connectivity index (χ3n) is 18.9. The van der Waals surface area contributed by atoms with Crippen LogP contribution in [-0.2, 0) is 23.7 Å². The summed E-state index contributed by atoms with van der Waals surface area (Å²) in [4.78, 5) is 13.4. The molecular formula is C85H147NO13. The van der Waals surface area contributed by atoms with Crippen LogP contribution in [0.15, 0.2) is 122 Å². The molecule has 2 aliphatic heterocycles. The van der Waals surface area contributed by atoms with E-state index in [1.807, 2.05) is 6.08 Å². The van der Waals surface area contributed by atoms with Crippen molar-refractivity contribution in [1.29, 1.82) is 0 Å². The van der Waals surface area contributed by atoms with E-state index in [0.29, 0.717) is 12.8 Å². The van der Waals surface area contributed by atoms with Crippen molar-refractivity contribution in [2.24, 2.45) is 0 Å². The lowest BCUT2D eigenvalue weighted by Crippen LogP contribution is -2.65. The highest BCUT2D eigenvalue weighted by Gasteiger charge is 2.51. The molecule has 0 bridgehead atoms. The standard InChI is InChI=1S/C85H147NO13/c1-3-5-7-9-11-13-15-17-19-21-23-25-27-29-30-31-32-33-34-35-36-37-38-39-40-41-42-43-44-45-47-49-51-53-55-57-59-61-63-65-67-69-77(90)86-73(72-96-84-82(95)80(93)83(76(71-88)98-84)99-85-81(94)79(92)78(91)75(70-87)97-85)74(89)68-66-64-62-60-58-56-54-52-50-48-46-28-26-24-22-20-18-16-14-12-10-8-6-4-2/h5,7,11,13,17,19,23,25,29-30,32-33,35-36,50,52,58,60,66,68,73-76,78-85,87-89,91-95H,3-4,6,8-10,12,14-16,18,20-22,24,26-28,31,34,37-49,51,53-57,59,61-65,67,69-72H2,1-2H3,(H,86,90)/b7-5-,13-11-,19-17-,25-23-,30-29-,33-32-,36-35-,52-50+,60-58+,68-66+. The topological polar surface area (TPSA) is 228 Å². The molecular weight excluding hydrogens is 1240 g/mol. The number of nitrogens with one attached hydrogen (secondary N) is 1. The second-order valence-corrected chi connectivity index (χ2v) is 27.8. The number of hydrogen-bond donors (Lipinski definition) is 9. The minimum absolute atomic E-state index is 0.252. The maximum atomic E-state index is 13.4. The van der Waals surface area contributed by atoms with Crippen molar-refractivity contribution < 1.29 is 64.6 Å². The molecule has 14 heteroatoms. The lowest BCUT2D eigenvalue weighted by Gasteiger charge is -2.46. The van der Waals surface area contributed by atoms with Gasteiger partial charge in [0.25, 0.3) is 0 Å². The minimum atomic E-state index is -1.80. The van der Waals surface area contributed by atoms with Gasteiger partial charge in [-0.1, -0.05) is 328 Å². The van der Waals surface area contributed by atoms with E-state index >= 15 is 0 Å². The van der Waals surface area contributed by atoms with Gasteiger partial charge in [-0.15, -0.1) is 0 Å². The van der Waals surface area contributed by atoms with E-state index in [-0.39, 0.29) is 18.9 Å². The number of aliphatic hydroxyl groups excluding tert-OH is 8. The molecule has 2 fully saturated rings. The molecule has 12 unspecified atom stereocenters. The maximum absolute atomic E-state index is 13.4. The Kier molecular flexibility index (Phi) is 62.4. The predicted molar refractivity (Wildman–Crippen MR) is 410 cm³/mol. The zero-order valence-electron chi connectivity index (χ0n) is 62.4. The molecule has 1 amide bonds. The van der Waals surface area contributed by atoms with Crippen LogP contribution in [0.4, 0.5) is 0 Å². The molecule has 0 aromatic heterocycles. The smallest absolute Gasteiger partial charge is 0.220 e. The number of rotatable bonds is 66. The summed E-state index contributed by atoms with van der Waals surface area (Å²) in [7, 11) is 0. The van der Waals surface area contributed by atoms with Gasteiger partial charge < -0.3 is 65.1 Å². The summed E-state index contributed by atoms with van der Waals surface area (Å²) in [6.45, 7) is 2.69. The summed E-state index contributed by atoms with van der Waals surface area (Å²) in [5.41, 5.74) is 0. The average Bonchev–Trinajstić information content (AvgIpc) is 0.799. The van der Waals surface area contributed by atoms with Gasteiger partial charge in [-0.2, -0.15) is 0 Å². The van der Waals surface area contributed by atoms with Gasteiger partial charge in [-0.3, -0.25) is 4.79 Å². The summed E-state index contributed by atoms with van der Waals surface area (Å²) in [6.07, 6.45) is 82.8. The molecule has 0 spiro atoms. The van der Waals surface area contributed by atoms with Gasteiger partial charge in [-0.25, -0.2) is 0 Å². The van der Waals surface area contributed by atoms with Gasteiger partial charge in [-0.05, 0) is 103 Å². The molecule has 2 aliphatic rings. The summed E-state index contributed by atoms with van der Waals surface area (Å²) in [5.74, 6) is -0.252. The predicted octanol–water partition coefficient (Wildman–Crippen LogP) is 18.4. The molecule has 0 radical (unpaired) electrons. The van der Waals surface area contributed by atoms with E-state index in [9.17, 15) is 45.6 Å². The van der Waals surface area contributed by atoms with Crippen molar-refractivity contribution in [1.82, 2.24) is 5.32 Å². The normalized spacial score (nSPS) is 22.6. The first-order valence-electron chi connectivity index (χ1n) is 40.3. The van der Waals surface area contributed by atoms with Crippen LogP contribution in [0, 0.1) is 0 Å². The van der Waals surface area contributed by atoms with Crippen molar-refractivity contribution in [3.8, 4) is 0 Å². The minimum Gasteiger partial charge on any atom is -0.394 e. The zero-order valence-corrected chi connectivity index (χ0v) is 62.4. The molecule has 0 aromatic rings. The van der Waals surface area contributed by atoms with Gasteiger partial charge in [0.1, 0.15) is 48.8 Å². The molecule has 12 atom stereocenters. The average molecular weight is 1390 g/mol. The molecule has 2 heterocycles. The molecule has 14 nitrogen and oxygen atoms in total. The number of aliphatic hydroxyl groups is 8. The lowest BCUT2D eigenvalue weighted by molar-refractivity contribution is -0.359. The Morgan fingerprint density at radius 1 is 0.374 bits per heavy atom. The Bertz CT molecular complexity index is 2130. The number of carbonyl (C=O) groups excluding carboxylic acids is 1. The Morgan fingerprint density at radius 3 is 1.11 bits per heavy atom. The third-order valence-corrected chi connectivity index (χ3v) is 18.9. The quantitative estimate of drug-likeness (QED) is 0.0204. The van der Waals surface area contributed by atoms with Crippen LogP contribution in [0.5, 0.6) is 0 Å². The summed E-state index contributed by atoms with van der Waals surface area (Å²) < 4.78 is 22.9. The highest BCUT2D eigenvalue weighted by molar-refractivity contribution is 5.76. The van der Waals surface area contributed by atoms with E-state index in [1.54, 1.807) is 6.08 Å². The highest BCUT2D eigenvalue weighted by atomic mass is 16.7. The molecule has 0 aliphatic carbocycles. The molecule has 0 saturated carbocycles. The van der Waals surface area contributed by atoms with Gasteiger partial charge in [0, 0.05) is 6.42 Å². The highest BCUT2D eigenvalue weighted by Crippen LogP contribution is 2.30. The fourth-order valence-electron chi connectivity index (χ4n) is 12.5. The lowest BCUT2D eigenvalue weighted by atomic mass is 9.97. The van der Waals surface area contributed by atoms with E-state index in [1.165, 1.54) is 193 Å². The Morgan fingerprint density at radius 2 is 0.707 bits per heavy atom. The molecule has 570 valence electrons. The largest absolute Gasteiger partial charge is 0.394 e. The van der Waals surface area contributed by atoms with Crippen molar-refractivity contribution >= 4 is 5.91 Å². The summed E-state index contributed by atoms with van der Waals surface area (Å²) >= 11 is 0. The summed E-state index contributed by atoms with van der Waals surface area (Å²) in [6, 6.07) is -0.945. The van der Waals surface area contributed by atoms with Crippen LogP contribution in [0.2, 0.25) is 0 Å². The fraction of sp³-hybridized carbons (Fsp3) is 0.753. The van der Waals surface area contributed by atoms with Crippen LogP contribution >= 0.6 is 0 Å². The number of carbonyl (C=O) groups is 1. The first-order valence-corrected chi connectivity index (χ1v) is 40.3. The van der Waals surface area contributed by atoms with Crippen LogP contribution in [-0.4, -0.2) is 140 Å². The molecule has 2 rings (SSSR count). The van der Waals surface area contributed by atoms with Crippen LogP contribution in [0.3, 0.4) is 0 Å². The number of hydrogen-bond acceptors (Lipinski definition) is 13. The SMILES string of the molecule is CC/C=C\C/C=C\C/C=C\C/C=C\C/C=C\C/C=C\C/C=C\CCCCCCCCCCCCCCCCCCCCCC(=O)NC(COC1OC(CO)C(OC2OC(CO)C(O)C(O)C2O)C(O)C1O)C(O)/C=C/CC/C=C/CC/C=C/CCCCCCCCCCCCCCCC. The second kappa shape index (κ2) is 67.6. The monoisotopic (exact) mass is 1390 g/mol. The third kappa shape index (κ3) is 50.4. The number of unbranched alkanes of at least 4 members (excludes halogenated alkanes) is 35.